The van der Waals surface area contributed by atoms with Crippen molar-refractivity contribution in [2.45, 2.75) is 32.1 Å². The van der Waals surface area contributed by atoms with E-state index in [9.17, 15) is 9.59 Å². The van der Waals surface area contributed by atoms with Crippen LogP contribution in [0.5, 0.6) is 0 Å². The van der Waals surface area contributed by atoms with Gasteiger partial charge >= 0.3 is 0 Å². The zero-order valence-electron chi connectivity index (χ0n) is 10.6. The van der Waals surface area contributed by atoms with Gasteiger partial charge in [0.2, 0.25) is 11.8 Å². The van der Waals surface area contributed by atoms with Gasteiger partial charge in [-0.2, -0.15) is 0 Å². The van der Waals surface area contributed by atoms with Crippen LogP contribution in [0.25, 0.3) is 0 Å². The lowest BCUT2D eigenvalue weighted by molar-refractivity contribution is -0.137. The molecule has 0 spiro atoms. The smallest absolute Gasteiger partial charge is 0.230 e. The van der Waals surface area contributed by atoms with Gasteiger partial charge in [0.15, 0.2) is 0 Å². The zero-order valence-corrected chi connectivity index (χ0v) is 12.9. The van der Waals surface area contributed by atoms with Crippen molar-refractivity contribution >= 4 is 39.3 Å². The van der Waals surface area contributed by atoms with Gasteiger partial charge in [0, 0.05) is 22.7 Å². The van der Waals surface area contributed by atoms with Gasteiger partial charge in [0.25, 0.3) is 0 Å². The van der Waals surface area contributed by atoms with Crippen molar-refractivity contribution in [2.24, 2.45) is 5.92 Å². The van der Waals surface area contributed by atoms with E-state index in [0.717, 1.165) is 22.9 Å². The Bertz CT molecular complexity index is 518. The molecule has 1 heterocycles. The summed E-state index contributed by atoms with van der Waals surface area (Å²) in [6.07, 6.45) is 2.03. The standard InChI is InChI=1S/C14H15BrClNO2/c1-2-3-9-10(7-13(18)17-14(9)19)8-4-5-11(15)12(16)6-8/h4-6,9-10H,2-3,7H2,1H3,(H,17,18,19). The van der Waals surface area contributed by atoms with Crippen molar-refractivity contribution in [3.8, 4) is 0 Å². The molecule has 102 valence electrons. The summed E-state index contributed by atoms with van der Waals surface area (Å²) in [7, 11) is 0. The third-order valence-electron chi connectivity index (χ3n) is 3.46. The van der Waals surface area contributed by atoms with Crippen LogP contribution >= 0.6 is 27.5 Å². The zero-order chi connectivity index (χ0) is 14.0. The predicted octanol–water partition coefficient (Wildman–Crippen LogP) is 3.65. The van der Waals surface area contributed by atoms with E-state index in [1.807, 2.05) is 25.1 Å². The lowest BCUT2D eigenvalue weighted by atomic mass is 9.78. The molecule has 0 saturated carbocycles. The van der Waals surface area contributed by atoms with Crippen LogP contribution in [0.15, 0.2) is 22.7 Å². The number of hydrogen-bond donors (Lipinski definition) is 1. The van der Waals surface area contributed by atoms with Crippen LogP contribution in [0, 0.1) is 5.92 Å². The number of halogens is 2. The molecule has 2 rings (SSSR count). The highest BCUT2D eigenvalue weighted by atomic mass is 79.9. The Morgan fingerprint density at radius 3 is 2.79 bits per heavy atom. The molecule has 19 heavy (non-hydrogen) atoms. The fourth-order valence-electron chi connectivity index (χ4n) is 2.54. The Kier molecular flexibility index (Phi) is 4.63. The topological polar surface area (TPSA) is 46.2 Å². The highest BCUT2D eigenvalue weighted by Gasteiger charge is 2.36. The van der Waals surface area contributed by atoms with Crippen LogP contribution in [0.4, 0.5) is 0 Å². The van der Waals surface area contributed by atoms with E-state index in [4.69, 9.17) is 11.6 Å². The van der Waals surface area contributed by atoms with Crippen molar-refractivity contribution in [3.63, 3.8) is 0 Å². The number of hydrogen-bond acceptors (Lipinski definition) is 2. The number of carbonyl (C=O) groups is 2. The molecule has 1 N–H and O–H groups in total. The fraction of sp³-hybridized carbons (Fsp3) is 0.429. The molecular weight excluding hydrogens is 330 g/mol. The average Bonchev–Trinajstić information content (AvgIpc) is 2.36. The highest BCUT2D eigenvalue weighted by molar-refractivity contribution is 9.10. The molecule has 1 aromatic rings. The number of rotatable bonds is 3. The summed E-state index contributed by atoms with van der Waals surface area (Å²) in [5, 5.41) is 3.02. The number of piperidine rings is 1. The van der Waals surface area contributed by atoms with Gasteiger partial charge in [-0.15, -0.1) is 0 Å². The van der Waals surface area contributed by atoms with Gasteiger partial charge in [-0.05, 0) is 40.0 Å². The van der Waals surface area contributed by atoms with Gasteiger partial charge in [0.1, 0.15) is 0 Å². The van der Waals surface area contributed by atoms with Crippen molar-refractivity contribution in [1.82, 2.24) is 5.32 Å². The molecule has 0 radical (unpaired) electrons. The third kappa shape index (κ3) is 3.18. The molecule has 0 bridgehead atoms. The van der Waals surface area contributed by atoms with Crippen molar-refractivity contribution in [3.05, 3.63) is 33.3 Å². The molecule has 2 atom stereocenters. The Hall–Kier alpha value is -0.870. The van der Waals surface area contributed by atoms with Crippen molar-refractivity contribution in [1.29, 1.82) is 0 Å². The normalized spacial score (nSPS) is 23.3. The van der Waals surface area contributed by atoms with Crippen molar-refractivity contribution < 1.29 is 9.59 Å². The first-order valence-corrected chi connectivity index (χ1v) is 7.48. The maximum atomic E-state index is 12.0. The Labute approximate surface area is 125 Å². The largest absolute Gasteiger partial charge is 0.296 e. The SMILES string of the molecule is CCCC1C(=O)NC(=O)CC1c1ccc(Br)c(Cl)c1. The van der Waals surface area contributed by atoms with Gasteiger partial charge in [-0.3, -0.25) is 14.9 Å². The molecule has 0 aromatic heterocycles. The van der Waals surface area contributed by atoms with E-state index in [2.05, 4.69) is 21.2 Å². The summed E-state index contributed by atoms with van der Waals surface area (Å²) in [6, 6.07) is 5.62. The monoisotopic (exact) mass is 343 g/mol. The number of amides is 2. The predicted molar refractivity (Wildman–Crippen MR) is 78.1 cm³/mol. The van der Waals surface area contributed by atoms with E-state index >= 15 is 0 Å². The molecule has 1 aliphatic heterocycles. The van der Waals surface area contributed by atoms with Gasteiger partial charge in [-0.1, -0.05) is 31.0 Å². The maximum Gasteiger partial charge on any atom is 0.230 e. The minimum Gasteiger partial charge on any atom is -0.296 e. The summed E-state index contributed by atoms with van der Waals surface area (Å²) in [4.78, 5) is 23.5. The van der Waals surface area contributed by atoms with E-state index in [-0.39, 0.29) is 23.7 Å². The molecule has 3 nitrogen and oxygen atoms in total. The molecule has 5 heteroatoms. The fourth-order valence-corrected chi connectivity index (χ4v) is 2.98. The Morgan fingerprint density at radius 2 is 2.16 bits per heavy atom. The van der Waals surface area contributed by atoms with Gasteiger partial charge in [0.05, 0.1) is 5.02 Å². The second kappa shape index (κ2) is 6.06. The van der Waals surface area contributed by atoms with Crippen molar-refractivity contribution in [2.75, 3.05) is 0 Å². The van der Waals surface area contributed by atoms with Crippen LogP contribution in [0.2, 0.25) is 5.02 Å². The average molecular weight is 345 g/mol. The van der Waals surface area contributed by atoms with E-state index < -0.39 is 0 Å². The molecule has 2 amide bonds. The molecule has 1 aliphatic rings. The lowest BCUT2D eigenvalue weighted by Crippen LogP contribution is -2.44. The molecule has 1 fully saturated rings. The first kappa shape index (κ1) is 14.5. The molecular formula is C14H15BrClNO2. The molecule has 2 unspecified atom stereocenters. The summed E-state index contributed by atoms with van der Waals surface area (Å²) in [5.41, 5.74) is 0.954. The summed E-state index contributed by atoms with van der Waals surface area (Å²) in [6.45, 7) is 2.04. The molecule has 0 aliphatic carbocycles. The summed E-state index contributed by atoms with van der Waals surface area (Å²) < 4.78 is 0.816. The maximum absolute atomic E-state index is 12.0. The minimum absolute atomic E-state index is 0.0770. The van der Waals surface area contributed by atoms with Gasteiger partial charge < -0.3 is 0 Å². The first-order valence-electron chi connectivity index (χ1n) is 6.31. The Balaban J connectivity index is 2.34. The summed E-state index contributed by atoms with van der Waals surface area (Å²) in [5.74, 6) is -0.602. The number of nitrogens with one attached hydrogen (secondary N) is 1. The molecule has 1 saturated heterocycles. The van der Waals surface area contributed by atoms with E-state index in [1.54, 1.807) is 0 Å². The lowest BCUT2D eigenvalue weighted by Gasteiger charge is -2.30. The van der Waals surface area contributed by atoms with E-state index in [0.29, 0.717) is 11.4 Å². The molecule has 1 aromatic carbocycles. The Morgan fingerprint density at radius 1 is 1.42 bits per heavy atom. The van der Waals surface area contributed by atoms with E-state index in [1.165, 1.54) is 0 Å². The number of carbonyl (C=O) groups excluding carboxylic acids is 2. The highest BCUT2D eigenvalue weighted by Crippen LogP contribution is 2.36. The third-order valence-corrected chi connectivity index (χ3v) is 4.69. The number of benzene rings is 1. The summed E-state index contributed by atoms with van der Waals surface area (Å²) >= 11 is 9.44. The van der Waals surface area contributed by atoms with Crippen LogP contribution in [-0.4, -0.2) is 11.8 Å². The van der Waals surface area contributed by atoms with Gasteiger partial charge in [-0.25, -0.2) is 0 Å². The van der Waals surface area contributed by atoms with Crippen LogP contribution in [0.3, 0.4) is 0 Å². The second-order valence-corrected chi connectivity index (χ2v) is 6.05. The first-order chi connectivity index (χ1) is 9.02. The second-order valence-electron chi connectivity index (χ2n) is 4.79. The number of imide groups is 1. The van der Waals surface area contributed by atoms with Crippen LogP contribution in [-0.2, 0) is 9.59 Å². The van der Waals surface area contributed by atoms with Crippen LogP contribution < -0.4 is 5.32 Å². The quantitative estimate of drug-likeness (QED) is 0.851. The van der Waals surface area contributed by atoms with Crippen LogP contribution in [0.1, 0.15) is 37.7 Å². The minimum atomic E-state index is -0.207.